The molecule has 0 fully saturated rings. The van der Waals surface area contributed by atoms with Crippen molar-refractivity contribution in [3.05, 3.63) is 23.8 Å². The van der Waals surface area contributed by atoms with Gasteiger partial charge in [-0.2, -0.15) is 9.36 Å². The summed E-state index contributed by atoms with van der Waals surface area (Å²) in [6.07, 6.45) is 8.00. The van der Waals surface area contributed by atoms with Crippen molar-refractivity contribution < 1.29 is 4.79 Å². The molecule has 0 aliphatic heterocycles. The Morgan fingerprint density at radius 1 is 1.29 bits per heavy atom. The third-order valence-electron chi connectivity index (χ3n) is 3.26. The highest BCUT2D eigenvalue weighted by Gasteiger charge is 2.20. The van der Waals surface area contributed by atoms with Crippen LogP contribution in [0.25, 0.3) is 0 Å². The van der Waals surface area contributed by atoms with Crippen LogP contribution in [0.5, 0.6) is 0 Å². The quantitative estimate of drug-likeness (QED) is 0.763. The molecule has 2 heterocycles. The Labute approximate surface area is 124 Å². The van der Waals surface area contributed by atoms with E-state index in [1.165, 1.54) is 21.8 Å². The number of rotatable bonds is 6. The normalized spacial score (nSPS) is 11.2. The molecule has 0 aliphatic carbocycles. The number of hydrogen-bond acceptors (Lipinski definition) is 5. The minimum atomic E-state index is -0.336. The van der Waals surface area contributed by atoms with Gasteiger partial charge in [-0.05, 0) is 25.2 Å². The molecule has 0 N–H and O–H groups in total. The summed E-state index contributed by atoms with van der Waals surface area (Å²) in [6, 6.07) is -0.336. The van der Waals surface area contributed by atoms with Gasteiger partial charge in [-0.3, -0.25) is 0 Å². The van der Waals surface area contributed by atoms with Gasteiger partial charge in [-0.25, -0.2) is 4.79 Å². The Hall–Kier alpha value is -2.05. The van der Waals surface area contributed by atoms with Crippen LogP contribution in [-0.2, 0) is 12.8 Å². The summed E-state index contributed by atoms with van der Waals surface area (Å²) < 4.78 is 2.53. The van der Waals surface area contributed by atoms with Gasteiger partial charge in [0.2, 0.25) is 0 Å². The van der Waals surface area contributed by atoms with E-state index in [4.69, 9.17) is 0 Å². The zero-order valence-corrected chi connectivity index (χ0v) is 12.9. The van der Waals surface area contributed by atoms with E-state index in [1.807, 2.05) is 0 Å². The van der Waals surface area contributed by atoms with Crippen molar-refractivity contribution in [1.82, 2.24) is 30.0 Å². The van der Waals surface area contributed by atoms with Gasteiger partial charge in [-0.1, -0.05) is 44.0 Å². The average Bonchev–Trinajstić information content (AvgIpc) is 3.08. The van der Waals surface area contributed by atoms with E-state index in [0.717, 1.165) is 43.5 Å². The Bertz CT molecular complexity index is 572. The lowest BCUT2D eigenvalue weighted by Gasteiger charge is -2.08. The van der Waals surface area contributed by atoms with Crippen LogP contribution in [0, 0.1) is 5.92 Å². The maximum atomic E-state index is 12.4. The summed E-state index contributed by atoms with van der Waals surface area (Å²) in [5, 5.41) is 15.6. The number of aromatic nitrogens is 6. The molecule has 7 heteroatoms. The van der Waals surface area contributed by atoms with Crippen molar-refractivity contribution in [3.63, 3.8) is 0 Å². The molecule has 0 unspecified atom stereocenters. The molecule has 0 radical (unpaired) electrons. The zero-order chi connectivity index (χ0) is 15.2. The van der Waals surface area contributed by atoms with Gasteiger partial charge in [0.25, 0.3) is 0 Å². The fourth-order valence-electron chi connectivity index (χ4n) is 2.22. The van der Waals surface area contributed by atoms with Crippen molar-refractivity contribution in [3.8, 4) is 0 Å². The van der Waals surface area contributed by atoms with Crippen molar-refractivity contribution in [2.75, 3.05) is 0 Å². The summed E-state index contributed by atoms with van der Waals surface area (Å²) in [5.41, 5.74) is 1.81. The van der Waals surface area contributed by atoms with E-state index in [9.17, 15) is 4.79 Å². The minimum absolute atomic E-state index is 0.336. The zero-order valence-electron chi connectivity index (χ0n) is 12.9. The summed E-state index contributed by atoms with van der Waals surface area (Å²) in [7, 11) is 0. The van der Waals surface area contributed by atoms with Crippen molar-refractivity contribution in [1.29, 1.82) is 0 Å². The molecule has 114 valence electrons. The van der Waals surface area contributed by atoms with Crippen LogP contribution in [-0.4, -0.2) is 36.0 Å². The summed E-state index contributed by atoms with van der Waals surface area (Å²) >= 11 is 0. The van der Waals surface area contributed by atoms with E-state index in [2.05, 4.69) is 41.4 Å². The summed E-state index contributed by atoms with van der Waals surface area (Å²) in [6.45, 7) is 6.40. The molecule has 0 saturated carbocycles. The van der Waals surface area contributed by atoms with Crippen LogP contribution in [0.1, 0.15) is 51.4 Å². The fourth-order valence-corrected chi connectivity index (χ4v) is 2.22. The van der Waals surface area contributed by atoms with Gasteiger partial charge >= 0.3 is 6.03 Å². The van der Waals surface area contributed by atoms with E-state index >= 15 is 0 Å². The molecule has 2 rings (SSSR count). The summed E-state index contributed by atoms with van der Waals surface area (Å²) in [5.74, 6) is 0.427. The van der Waals surface area contributed by atoms with Crippen LogP contribution in [0.4, 0.5) is 4.79 Å². The Balaban J connectivity index is 2.25. The van der Waals surface area contributed by atoms with E-state index in [1.54, 1.807) is 0 Å². The van der Waals surface area contributed by atoms with E-state index in [-0.39, 0.29) is 6.03 Å². The second-order valence-electron chi connectivity index (χ2n) is 5.58. The lowest BCUT2D eigenvalue weighted by molar-refractivity contribution is 0.236. The number of aryl methyl sites for hydroxylation is 1. The Morgan fingerprint density at radius 3 is 2.71 bits per heavy atom. The molecule has 2 aromatic heterocycles. The smallest absolute Gasteiger partial charge is 0.243 e. The van der Waals surface area contributed by atoms with E-state index < -0.39 is 0 Å². The van der Waals surface area contributed by atoms with Crippen molar-refractivity contribution >= 4 is 6.03 Å². The highest BCUT2D eigenvalue weighted by atomic mass is 16.2. The van der Waals surface area contributed by atoms with Gasteiger partial charge in [0.15, 0.2) is 0 Å². The topological polar surface area (TPSA) is 78.5 Å². The molecule has 21 heavy (non-hydrogen) atoms. The molecule has 0 atom stereocenters. The first-order chi connectivity index (χ1) is 10.1. The van der Waals surface area contributed by atoms with Crippen LogP contribution in [0.2, 0.25) is 0 Å². The van der Waals surface area contributed by atoms with Crippen molar-refractivity contribution in [2.24, 2.45) is 5.92 Å². The molecular weight excluding hydrogens is 268 g/mol. The molecular formula is C14H22N6O. The highest BCUT2D eigenvalue weighted by molar-refractivity contribution is 5.77. The molecule has 0 bridgehead atoms. The molecule has 2 aromatic rings. The first kappa shape index (κ1) is 15.3. The largest absolute Gasteiger partial charge is 0.372 e. The highest BCUT2D eigenvalue weighted by Crippen LogP contribution is 2.15. The van der Waals surface area contributed by atoms with Crippen LogP contribution >= 0.6 is 0 Å². The van der Waals surface area contributed by atoms with Crippen LogP contribution in [0.15, 0.2) is 12.4 Å². The number of nitrogens with zero attached hydrogens (tertiary/aromatic N) is 6. The van der Waals surface area contributed by atoms with Gasteiger partial charge < -0.3 is 0 Å². The third-order valence-corrected chi connectivity index (χ3v) is 3.26. The lowest BCUT2D eigenvalue weighted by atomic mass is 10.0. The number of carbonyl (C=O) groups excluding carboxylic acids is 1. The summed E-state index contributed by atoms with van der Waals surface area (Å²) in [4.78, 5) is 12.4. The average molecular weight is 290 g/mol. The van der Waals surface area contributed by atoms with Crippen LogP contribution < -0.4 is 0 Å². The molecule has 0 amide bonds. The van der Waals surface area contributed by atoms with Gasteiger partial charge in [0.05, 0.1) is 23.8 Å². The van der Waals surface area contributed by atoms with Crippen LogP contribution in [0.3, 0.4) is 0 Å². The number of unbranched alkanes of at least 4 members (excludes halogenated alkanes) is 2. The van der Waals surface area contributed by atoms with Gasteiger partial charge in [-0.15, -0.1) is 10.2 Å². The monoisotopic (exact) mass is 290 g/mol. The molecule has 0 aromatic carbocycles. The number of hydrogen-bond donors (Lipinski definition) is 0. The molecule has 0 spiro atoms. The Morgan fingerprint density at radius 2 is 2.10 bits per heavy atom. The second-order valence-corrected chi connectivity index (χ2v) is 5.58. The Kier molecular flexibility index (Phi) is 5.19. The SMILES string of the molecule is CCCCCc1nnn(C(=O)n2ccnn2)c1CC(C)C. The molecule has 7 nitrogen and oxygen atoms in total. The third kappa shape index (κ3) is 3.74. The maximum absolute atomic E-state index is 12.4. The fraction of sp³-hybridized carbons (Fsp3) is 0.643. The van der Waals surface area contributed by atoms with Gasteiger partial charge in [0, 0.05) is 0 Å². The predicted molar refractivity (Wildman–Crippen MR) is 78.0 cm³/mol. The first-order valence-electron chi connectivity index (χ1n) is 7.48. The first-order valence-corrected chi connectivity index (χ1v) is 7.48. The predicted octanol–water partition coefficient (Wildman–Crippen LogP) is 2.32. The van der Waals surface area contributed by atoms with E-state index in [0.29, 0.717) is 5.92 Å². The number of carbonyl (C=O) groups is 1. The lowest BCUT2D eigenvalue weighted by Crippen LogP contribution is -2.24. The maximum Gasteiger partial charge on any atom is 0.372 e. The standard InChI is InChI=1S/C14H22N6O/c1-4-5-6-7-12-13(10-11(2)3)20(18-16-12)14(21)19-9-8-15-17-19/h8-9,11H,4-7,10H2,1-3H3. The van der Waals surface area contributed by atoms with Crippen molar-refractivity contribution in [2.45, 2.75) is 52.9 Å². The second kappa shape index (κ2) is 7.10. The van der Waals surface area contributed by atoms with Gasteiger partial charge in [0.1, 0.15) is 0 Å². The molecule has 0 aliphatic rings. The minimum Gasteiger partial charge on any atom is -0.243 e. The molecule has 0 saturated heterocycles.